The van der Waals surface area contributed by atoms with E-state index in [4.69, 9.17) is 9.72 Å². The van der Waals surface area contributed by atoms with Crippen molar-refractivity contribution in [3.63, 3.8) is 0 Å². The Kier molecular flexibility index (Phi) is 9.50. The van der Waals surface area contributed by atoms with E-state index < -0.39 is 0 Å². The van der Waals surface area contributed by atoms with Gasteiger partial charge < -0.3 is 25.2 Å². The summed E-state index contributed by atoms with van der Waals surface area (Å²) in [5.41, 5.74) is 3.45. The highest BCUT2D eigenvalue weighted by molar-refractivity contribution is 5.95. The molecule has 1 unspecified atom stereocenters. The molecule has 1 atom stereocenters. The highest BCUT2D eigenvalue weighted by atomic mass is 16.5. The number of carbonyl (C=O) groups is 1. The molecule has 4 heterocycles. The monoisotopic (exact) mass is 652 g/mol. The van der Waals surface area contributed by atoms with E-state index in [2.05, 4.69) is 55.2 Å². The number of imidazole rings is 1. The molecule has 4 aliphatic rings. The highest BCUT2D eigenvalue weighted by Gasteiger charge is 2.39. The molecular weight excluding hydrogens is 604 g/mol. The first-order valence-electron chi connectivity index (χ1n) is 17.9. The molecule has 2 aromatic heterocycles. The summed E-state index contributed by atoms with van der Waals surface area (Å²) < 4.78 is 7.72. The standard InChI is InChI=1S/C36H48N10O2/c1-4-30-33-29(21-37)39-23-45(33)31-22-38-36(42-34(31)46(30)27-8-6-7-9-27)41-28-15-10-24(20-32(28)48-3)35(47)40-25-11-13-26(14-12-25)44-18-16-43(5-2)17-19-44/h10,15,20,22-23,25-27,30H,4-9,11-14,16-19H2,1-3H3,(H,40,47)(H,38,41,42). The van der Waals surface area contributed by atoms with Crippen molar-refractivity contribution in [1.82, 2.24) is 34.6 Å². The Morgan fingerprint density at radius 1 is 1.02 bits per heavy atom. The van der Waals surface area contributed by atoms with Gasteiger partial charge in [-0.1, -0.05) is 26.7 Å². The van der Waals surface area contributed by atoms with Crippen LogP contribution in [0.25, 0.3) is 5.69 Å². The van der Waals surface area contributed by atoms with Gasteiger partial charge in [-0.3, -0.25) is 14.3 Å². The molecule has 2 aliphatic carbocycles. The number of nitriles is 1. The fourth-order valence-electron chi connectivity index (χ4n) is 8.38. The van der Waals surface area contributed by atoms with Crippen LogP contribution in [0.4, 0.5) is 17.5 Å². The molecule has 3 fully saturated rings. The molecule has 48 heavy (non-hydrogen) atoms. The average molecular weight is 653 g/mol. The number of nitrogens with zero attached hydrogens (tertiary/aromatic N) is 8. The molecule has 1 saturated heterocycles. The van der Waals surface area contributed by atoms with Gasteiger partial charge in [-0.05, 0) is 69.7 Å². The van der Waals surface area contributed by atoms with Crippen molar-refractivity contribution < 1.29 is 9.53 Å². The smallest absolute Gasteiger partial charge is 0.251 e. The lowest BCUT2D eigenvalue weighted by molar-refractivity contribution is 0.0730. The summed E-state index contributed by atoms with van der Waals surface area (Å²) in [7, 11) is 1.61. The number of hydrogen-bond donors (Lipinski definition) is 2. The third-order valence-electron chi connectivity index (χ3n) is 11.0. The molecule has 2 aliphatic heterocycles. The summed E-state index contributed by atoms with van der Waals surface area (Å²) in [4.78, 5) is 35.1. The predicted octanol–water partition coefficient (Wildman–Crippen LogP) is 5.18. The topological polar surface area (TPSA) is 127 Å². The third kappa shape index (κ3) is 6.21. The summed E-state index contributed by atoms with van der Waals surface area (Å²) in [6, 6.07) is 8.92. The molecule has 1 amide bonds. The molecule has 12 nitrogen and oxygen atoms in total. The van der Waals surface area contributed by atoms with E-state index in [1.54, 1.807) is 25.7 Å². The Hall–Kier alpha value is -4.21. The summed E-state index contributed by atoms with van der Waals surface area (Å²) in [6.45, 7) is 10.1. The minimum atomic E-state index is -0.0735. The number of benzene rings is 1. The second-order valence-corrected chi connectivity index (χ2v) is 13.6. The van der Waals surface area contributed by atoms with Crippen LogP contribution in [-0.4, -0.2) is 93.2 Å². The summed E-state index contributed by atoms with van der Waals surface area (Å²) in [6.07, 6.45) is 13.2. The minimum Gasteiger partial charge on any atom is -0.495 e. The number of anilines is 3. The number of methoxy groups -OCH3 is 1. The number of ether oxygens (including phenoxy) is 1. The first-order valence-corrected chi connectivity index (χ1v) is 17.9. The zero-order chi connectivity index (χ0) is 33.2. The van der Waals surface area contributed by atoms with Crippen molar-refractivity contribution in [2.45, 2.75) is 95.8 Å². The Morgan fingerprint density at radius 3 is 2.48 bits per heavy atom. The molecule has 7 rings (SSSR count). The SMILES string of the molecule is CCC1c2c(C#N)ncn2-c2cnc(Nc3ccc(C(=O)NC4CCC(N5CCN(CC)CC5)CC4)cc3OC)nc2N1C1CCCC1. The van der Waals surface area contributed by atoms with E-state index in [0.717, 1.165) is 94.9 Å². The molecule has 0 spiro atoms. The van der Waals surface area contributed by atoms with Gasteiger partial charge in [0.2, 0.25) is 5.95 Å². The van der Waals surface area contributed by atoms with E-state index in [1.165, 1.54) is 12.8 Å². The maximum Gasteiger partial charge on any atom is 0.251 e. The van der Waals surface area contributed by atoms with Gasteiger partial charge in [0, 0.05) is 49.9 Å². The number of likely N-dealkylation sites (N-methyl/N-ethyl adjacent to an activating group) is 1. The van der Waals surface area contributed by atoms with Crippen LogP contribution >= 0.6 is 0 Å². The van der Waals surface area contributed by atoms with Crippen LogP contribution in [0.15, 0.2) is 30.7 Å². The molecule has 254 valence electrons. The summed E-state index contributed by atoms with van der Waals surface area (Å²) >= 11 is 0. The zero-order valence-corrected chi connectivity index (χ0v) is 28.5. The van der Waals surface area contributed by atoms with Gasteiger partial charge in [0.15, 0.2) is 11.5 Å². The lowest BCUT2D eigenvalue weighted by Gasteiger charge is -2.41. The van der Waals surface area contributed by atoms with E-state index >= 15 is 0 Å². The van der Waals surface area contributed by atoms with Gasteiger partial charge >= 0.3 is 0 Å². The summed E-state index contributed by atoms with van der Waals surface area (Å²) in [5.74, 6) is 1.76. The Morgan fingerprint density at radius 2 is 1.79 bits per heavy atom. The van der Waals surface area contributed by atoms with Crippen molar-refractivity contribution in [2.24, 2.45) is 0 Å². The minimum absolute atomic E-state index is 0.000552. The molecule has 2 N–H and O–H groups in total. The van der Waals surface area contributed by atoms with Crippen LogP contribution in [0.5, 0.6) is 5.75 Å². The van der Waals surface area contributed by atoms with Crippen LogP contribution in [0.3, 0.4) is 0 Å². The van der Waals surface area contributed by atoms with Gasteiger partial charge in [0.25, 0.3) is 5.91 Å². The van der Waals surface area contributed by atoms with Gasteiger partial charge in [-0.25, -0.2) is 9.97 Å². The fourth-order valence-corrected chi connectivity index (χ4v) is 8.38. The van der Waals surface area contributed by atoms with E-state index in [-0.39, 0.29) is 18.0 Å². The van der Waals surface area contributed by atoms with Crippen molar-refractivity contribution in [1.29, 1.82) is 5.26 Å². The van der Waals surface area contributed by atoms with Crippen LogP contribution < -0.4 is 20.3 Å². The number of aromatic nitrogens is 4. The maximum atomic E-state index is 13.3. The van der Waals surface area contributed by atoms with Crippen LogP contribution in [0.2, 0.25) is 0 Å². The van der Waals surface area contributed by atoms with E-state index in [0.29, 0.717) is 40.7 Å². The molecule has 0 bridgehead atoms. The van der Waals surface area contributed by atoms with Crippen molar-refractivity contribution in [2.75, 3.05) is 50.1 Å². The molecular formula is C36H48N10O2. The van der Waals surface area contributed by atoms with Crippen molar-refractivity contribution in [3.8, 4) is 17.5 Å². The zero-order valence-electron chi connectivity index (χ0n) is 28.5. The van der Waals surface area contributed by atoms with Gasteiger partial charge in [0.1, 0.15) is 23.8 Å². The first kappa shape index (κ1) is 32.3. The number of amides is 1. The normalized spacial score (nSPS) is 23.3. The molecule has 2 saturated carbocycles. The van der Waals surface area contributed by atoms with Crippen molar-refractivity contribution in [3.05, 3.63) is 47.7 Å². The Balaban J connectivity index is 1.05. The maximum absolute atomic E-state index is 13.3. The average Bonchev–Trinajstić information content (AvgIpc) is 3.82. The first-order chi connectivity index (χ1) is 23.5. The van der Waals surface area contributed by atoms with Gasteiger partial charge in [-0.2, -0.15) is 10.2 Å². The lowest BCUT2D eigenvalue weighted by atomic mass is 9.89. The quantitative estimate of drug-likeness (QED) is 0.319. The molecule has 0 radical (unpaired) electrons. The predicted molar refractivity (Wildman–Crippen MR) is 185 cm³/mol. The number of fused-ring (bicyclic) bond motifs is 3. The second-order valence-electron chi connectivity index (χ2n) is 13.6. The molecule has 1 aromatic carbocycles. The Labute approximate surface area is 283 Å². The second kappa shape index (κ2) is 14.1. The van der Waals surface area contributed by atoms with Crippen molar-refractivity contribution >= 4 is 23.4 Å². The number of piperazine rings is 1. The Bertz CT molecular complexity index is 1640. The van der Waals surface area contributed by atoms with Crippen LogP contribution in [0, 0.1) is 11.3 Å². The highest BCUT2D eigenvalue weighted by Crippen LogP contribution is 2.44. The largest absolute Gasteiger partial charge is 0.495 e. The van der Waals surface area contributed by atoms with Gasteiger partial charge in [0.05, 0.1) is 30.7 Å². The molecule has 12 heteroatoms. The number of hydrogen-bond acceptors (Lipinski definition) is 10. The van der Waals surface area contributed by atoms with Gasteiger partial charge in [-0.15, -0.1) is 0 Å². The number of carbonyl (C=O) groups excluding carboxylic acids is 1. The number of rotatable bonds is 9. The number of nitrogens with one attached hydrogen (secondary N) is 2. The molecule has 3 aromatic rings. The third-order valence-corrected chi connectivity index (χ3v) is 11.0. The van der Waals surface area contributed by atoms with Crippen LogP contribution in [-0.2, 0) is 0 Å². The summed E-state index contributed by atoms with van der Waals surface area (Å²) in [5, 5.41) is 16.5. The van der Waals surface area contributed by atoms with Crippen LogP contribution in [0.1, 0.15) is 99.4 Å². The van der Waals surface area contributed by atoms with E-state index in [9.17, 15) is 10.1 Å². The lowest BCUT2D eigenvalue weighted by Crippen LogP contribution is -2.52. The van der Waals surface area contributed by atoms with E-state index in [1.807, 2.05) is 16.7 Å². The fraction of sp³-hybridized carbons (Fsp3) is 0.583.